The number of carbonyl (C=O) groups excluding carboxylic acids is 1. The predicted molar refractivity (Wildman–Crippen MR) is 115 cm³/mol. The van der Waals surface area contributed by atoms with Crippen LogP contribution in [0, 0.1) is 6.92 Å². The summed E-state index contributed by atoms with van der Waals surface area (Å²) >= 11 is 9.28. The van der Waals surface area contributed by atoms with Crippen molar-refractivity contribution in [2.75, 3.05) is 5.88 Å². The number of hydrogen-bond acceptors (Lipinski definition) is 3. The Morgan fingerprint density at radius 2 is 1.93 bits per heavy atom. The van der Waals surface area contributed by atoms with Crippen LogP contribution in [0.2, 0.25) is 0 Å². The summed E-state index contributed by atoms with van der Waals surface area (Å²) in [5.41, 5.74) is 6.61. The number of nitrogens with one attached hydrogen (secondary N) is 1. The topological polar surface area (TPSA) is 54.4 Å². The Bertz CT molecular complexity index is 986. The van der Waals surface area contributed by atoms with Crippen LogP contribution >= 0.6 is 27.5 Å². The molecule has 138 valence electrons. The Morgan fingerprint density at radius 1 is 1.19 bits per heavy atom. The first kappa shape index (κ1) is 19.5. The van der Waals surface area contributed by atoms with E-state index in [0.717, 1.165) is 38.8 Å². The molecule has 1 aromatic heterocycles. The lowest BCUT2D eigenvalue weighted by Crippen LogP contribution is -2.21. The number of halogens is 2. The molecule has 0 saturated carbocycles. The van der Waals surface area contributed by atoms with Crippen LogP contribution in [0.25, 0.3) is 10.9 Å². The molecule has 1 heterocycles. The van der Waals surface area contributed by atoms with E-state index in [1.165, 1.54) is 0 Å². The molecule has 3 aromatic rings. The molecule has 0 spiro atoms. The van der Waals surface area contributed by atoms with Crippen LogP contribution in [0.1, 0.15) is 34.5 Å². The Hall–Kier alpha value is -2.24. The van der Waals surface area contributed by atoms with E-state index in [4.69, 9.17) is 11.6 Å². The monoisotopic (exact) mass is 443 g/mol. The van der Waals surface area contributed by atoms with Crippen LogP contribution in [0.4, 0.5) is 0 Å². The molecule has 0 saturated heterocycles. The Morgan fingerprint density at radius 3 is 2.67 bits per heavy atom. The van der Waals surface area contributed by atoms with Crippen LogP contribution in [0.5, 0.6) is 0 Å². The smallest absolute Gasteiger partial charge is 0.267 e. The lowest BCUT2D eigenvalue weighted by Gasteiger charge is -2.09. The average molecular weight is 445 g/mol. The lowest BCUT2D eigenvalue weighted by molar-refractivity contribution is 0.0956. The first-order valence-electron chi connectivity index (χ1n) is 8.63. The standard InChI is InChI=1S/C21H19BrClN3O/c1-14-13-18(17-5-2-3-6-20(17)24-14)21(27)26-25-19(7-4-12-23)15-8-10-16(22)11-9-15/h2-3,5-6,8-11,13H,4,7,12H2,1H3,(H,26,27). The zero-order valence-electron chi connectivity index (χ0n) is 14.9. The number of amides is 1. The van der Waals surface area contributed by atoms with E-state index in [1.54, 1.807) is 6.07 Å². The number of pyridine rings is 1. The van der Waals surface area contributed by atoms with E-state index < -0.39 is 0 Å². The number of rotatable bonds is 6. The Labute approximate surface area is 171 Å². The normalized spacial score (nSPS) is 11.6. The van der Waals surface area contributed by atoms with Crippen molar-refractivity contribution in [3.05, 3.63) is 75.9 Å². The SMILES string of the molecule is Cc1cc(C(=O)NN=C(CCCCl)c2ccc(Br)cc2)c2ccccc2n1. The first-order valence-corrected chi connectivity index (χ1v) is 9.96. The number of para-hydroxylation sites is 1. The van der Waals surface area contributed by atoms with Crippen molar-refractivity contribution in [3.63, 3.8) is 0 Å². The number of carbonyl (C=O) groups is 1. The summed E-state index contributed by atoms with van der Waals surface area (Å²) in [6.45, 7) is 1.88. The molecule has 0 aliphatic heterocycles. The summed E-state index contributed by atoms with van der Waals surface area (Å²) < 4.78 is 0.991. The van der Waals surface area contributed by atoms with Gasteiger partial charge in [-0.05, 0) is 49.6 Å². The molecule has 3 rings (SSSR count). The third-order valence-electron chi connectivity index (χ3n) is 4.11. The molecule has 0 bridgehead atoms. The summed E-state index contributed by atoms with van der Waals surface area (Å²) in [6, 6.07) is 17.2. The largest absolute Gasteiger partial charge is 0.272 e. The molecule has 2 aromatic carbocycles. The van der Waals surface area contributed by atoms with Crippen LogP contribution in [0.15, 0.2) is 64.2 Å². The molecular formula is C21H19BrClN3O. The summed E-state index contributed by atoms with van der Waals surface area (Å²) in [5.74, 6) is 0.287. The summed E-state index contributed by atoms with van der Waals surface area (Å²) in [4.78, 5) is 17.3. The molecule has 1 N–H and O–H groups in total. The van der Waals surface area contributed by atoms with Gasteiger partial charge >= 0.3 is 0 Å². The number of alkyl halides is 1. The molecule has 0 atom stereocenters. The molecule has 0 aliphatic carbocycles. The van der Waals surface area contributed by atoms with Gasteiger partial charge in [0.25, 0.3) is 5.91 Å². The fourth-order valence-electron chi connectivity index (χ4n) is 2.82. The minimum atomic E-state index is -0.253. The van der Waals surface area contributed by atoms with E-state index in [0.29, 0.717) is 17.9 Å². The average Bonchev–Trinajstić information content (AvgIpc) is 2.68. The highest BCUT2D eigenvalue weighted by molar-refractivity contribution is 9.10. The van der Waals surface area contributed by atoms with Gasteiger partial charge in [0, 0.05) is 21.4 Å². The minimum absolute atomic E-state index is 0.253. The second kappa shape index (κ2) is 9.11. The number of hydrazone groups is 1. The van der Waals surface area contributed by atoms with Crippen molar-refractivity contribution < 1.29 is 4.79 Å². The van der Waals surface area contributed by atoms with Gasteiger partial charge in [0.1, 0.15) is 0 Å². The molecule has 0 unspecified atom stereocenters. The van der Waals surface area contributed by atoms with Gasteiger partial charge < -0.3 is 0 Å². The van der Waals surface area contributed by atoms with Gasteiger partial charge in [-0.25, -0.2) is 5.43 Å². The number of aromatic nitrogens is 1. The van der Waals surface area contributed by atoms with Gasteiger partial charge in [-0.2, -0.15) is 5.10 Å². The third-order valence-corrected chi connectivity index (χ3v) is 4.90. The summed E-state index contributed by atoms with van der Waals surface area (Å²) in [5, 5.41) is 5.20. The van der Waals surface area contributed by atoms with E-state index in [9.17, 15) is 4.79 Å². The van der Waals surface area contributed by atoms with E-state index >= 15 is 0 Å². The van der Waals surface area contributed by atoms with Crippen molar-refractivity contribution in [1.29, 1.82) is 0 Å². The number of fused-ring (bicyclic) bond motifs is 1. The van der Waals surface area contributed by atoms with E-state index in [2.05, 4.69) is 31.4 Å². The quantitative estimate of drug-likeness (QED) is 0.312. The van der Waals surface area contributed by atoms with Crippen molar-refractivity contribution in [2.45, 2.75) is 19.8 Å². The molecule has 0 fully saturated rings. The first-order chi connectivity index (χ1) is 13.1. The highest BCUT2D eigenvalue weighted by Crippen LogP contribution is 2.18. The molecule has 27 heavy (non-hydrogen) atoms. The highest BCUT2D eigenvalue weighted by atomic mass is 79.9. The number of nitrogens with zero attached hydrogens (tertiary/aromatic N) is 2. The minimum Gasteiger partial charge on any atom is -0.267 e. The fourth-order valence-corrected chi connectivity index (χ4v) is 3.21. The second-order valence-corrected chi connectivity index (χ2v) is 7.42. The molecule has 0 aliphatic rings. The van der Waals surface area contributed by atoms with Crippen LogP contribution < -0.4 is 5.43 Å². The zero-order chi connectivity index (χ0) is 19.2. The van der Waals surface area contributed by atoms with Crippen molar-refractivity contribution >= 4 is 50.1 Å². The Balaban J connectivity index is 1.90. The lowest BCUT2D eigenvalue weighted by atomic mass is 10.1. The van der Waals surface area contributed by atoms with Gasteiger partial charge in [0.2, 0.25) is 0 Å². The van der Waals surface area contributed by atoms with Crippen molar-refractivity contribution in [3.8, 4) is 0 Å². The van der Waals surface area contributed by atoms with Crippen molar-refractivity contribution in [2.24, 2.45) is 5.10 Å². The number of hydrogen-bond donors (Lipinski definition) is 1. The Kier molecular flexibility index (Phi) is 6.58. The van der Waals surface area contributed by atoms with Gasteiger partial charge in [-0.15, -0.1) is 11.6 Å². The zero-order valence-corrected chi connectivity index (χ0v) is 17.2. The van der Waals surface area contributed by atoms with E-state index in [1.807, 2.05) is 55.5 Å². The fraction of sp³-hybridized carbons (Fsp3) is 0.190. The molecule has 4 nitrogen and oxygen atoms in total. The summed E-state index contributed by atoms with van der Waals surface area (Å²) in [6.07, 6.45) is 1.46. The van der Waals surface area contributed by atoms with Gasteiger partial charge in [-0.3, -0.25) is 9.78 Å². The van der Waals surface area contributed by atoms with Gasteiger partial charge in [0.15, 0.2) is 0 Å². The number of aryl methyl sites for hydroxylation is 1. The molecule has 1 amide bonds. The molecule has 6 heteroatoms. The third kappa shape index (κ3) is 4.93. The maximum Gasteiger partial charge on any atom is 0.272 e. The molecule has 0 radical (unpaired) electrons. The van der Waals surface area contributed by atoms with Crippen LogP contribution in [-0.4, -0.2) is 22.5 Å². The number of benzene rings is 2. The highest BCUT2D eigenvalue weighted by Gasteiger charge is 2.12. The molecular weight excluding hydrogens is 426 g/mol. The van der Waals surface area contributed by atoms with Crippen LogP contribution in [0.3, 0.4) is 0 Å². The van der Waals surface area contributed by atoms with E-state index in [-0.39, 0.29) is 5.91 Å². The maximum absolute atomic E-state index is 12.8. The maximum atomic E-state index is 12.8. The van der Waals surface area contributed by atoms with Crippen molar-refractivity contribution in [1.82, 2.24) is 10.4 Å². The van der Waals surface area contributed by atoms with Gasteiger partial charge in [-0.1, -0.05) is 46.3 Å². The second-order valence-electron chi connectivity index (χ2n) is 6.13. The predicted octanol–water partition coefficient (Wildman–Crippen LogP) is 5.46. The summed E-state index contributed by atoms with van der Waals surface area (Å²) in [7, 11) is 0. The van der Waals surface area contributed by atoms with Crippen LogP contribution in [-0.2, 0) is 0 Å². The van der Waals surface area contributed by atoms with Gasteiger partial charge in [0.05, 0.1) is 16.8 Å².